The number of hydrogen-bond acceptors (Lipinski definition) is 6. The van der Waals surface area contributed by atoms with Crippen molar-refractivity contribution in [3.05, 3.63) is 12.0 Å². The van der Waals surface area contributed by atoms with Crippen LogP contribution in [-0.2, 0) is 13.1 Å². The lowest BCUT2D eigenvalue weighted by molar-refractivity contribution is 0.525. The van der Waals surface area contributed by atoms with Gasteiger partial charge in [-0.1, -0.05) is 0 Å². The SMILES string of the molecule is CCn1nnnc1Cn1ncc(N)n1. The Morgan fingerprint density at radius 2 is 2.36 bits per heavy atom. The van der Waals surface area contributed by atoms with Gasteiger partial charge in [0.1, 0.15) is 6.54 Å². The monoisotopic (exact) mass is 194 g/mol. The summed E-state index contributed by atoms with van der Waals surface area (Å²) in [6, 6.07) is 0. The first-order valence-corrected chi connectivity index (χ1v) is 4.20. The Morgan fingerprint density at radius 3 is 3.00 bits per heavy atom. The number of nitrogen functional groups attached to an aromatic ring is 1. The molecule has 0 spiro atoms. The molecule has 2 N–H and O–H groups in total. The zero-order valence-corrected chi connectivity index (χ0v) is 7.70. The average molecular weight is 194 g/mol. The number of nitrogens with zero attached hydrogens (tertiary/aromatic N) is 7. The molecule has 74 valence electrons. The van der Waals surface area contributed by atoms with Gasteiger partial charge < -0.3 is 5.73 Å². The molecular weight excluding hydrogens is 184 g/mol. The summed E-state index contributed by atoms with van der Waals surface area (Å²) in [4.78, 5) is 1.45. The number of nitrogens with two attached hydrogens (primary N) is 1. The molecular formula is C6H10N8. The molecule has 2 rings (SSSR count). The van der Waals surface area contributed by atoms with Crippen molar-refractivity contribution in [1.82, 2.24) is 35.2 Å². The van der Waals surface area contributed by atoms with E-state index in [-0.39, 0.29) is 0 Å². The first-order chi connectivity index (χ1) is 6.79. The quantitative estimate of drug-likeness (QED) is 0.666. The fraction of sp³-hybridized carbons (Fsp3) is 0.500. The maximum Gasteiger partial charge on any atom is 0.174 e. The maximum absolute atomic E-state index is 5.43. The van der Waals surface area contributed by atoms with Gasteiger partial charge in [-0.3, -0.25) is 0 Å². The van der Waals surface area contributed by atoms with Crippen molar-refractivity contribution >= 4 is 5.82 Å². The van der Waals surface area contributed by atoms with E-state index in [1.807, 2.05) is 6.92 Å². The minimum atomic E-state index is 0.389. The highest BCUT2D eigenvalue weighted by atomic mass is 15.6. The van der Waals surface area contributed by atoms with Crippen LogP contribution >= 0.6 is 0 Å². The van der Waals surface area contributed by atoms with Crippen LogP contribution in [0.4, 0.5) is 5.82 Å². The van der Waals surface area contributed by atoms with Crippen molar-refractivity contribution < 1.29 is 0 Å². The van der Waals surface area contributed by atoms with Gasteiger partial charge in [0, 0.05) is 6.54 Å². The molecule has 0 unspecified atom stereocenters. The van der Waals surface area contributed by atoms with E-state index < -0.39 is 0 Å². The molecule has 2 aromatic heterocycles. The fourth-order valence-electron chi connectivity index (χ4n) is 1.10. The molecule has 8 nitrogen and oxygen atoms in total. The molecule has 0 aromatic carbocycles. The molecule has 0 bridgehead atoms. The van der Waals surface area contributed by atoms with Crippen LogP contribution in [0.3, 0.4) is 0 Å². The van der Waals surface area contributed by atoms with Gasteiger partial charge in [0.05, 0.1) is 6.20 Å². The lowest BCUT2D eigenvalue weighted by Gasteiger charge is -1.99. The third-order valence-electron chi connectivity index (χ3n) is 1.74. The molecule has 0 atom stereocenters. The van der Waals surface area contributed by atoms with E-state index in [0.717, 1.165) is 6.54 Å². The van der Waals surface area contributed by atoms with Crippen LogP contribution in [0.5, 0.6) is 0 Å². The van der Waals surface area contributed by atoms with E-state index in [1.165, 1.54) is 11.0 Å². The number of aromatic nitrogens is 7. The summed E-state index contributed by atoms with van der Waals surface area (Å²) < 4.78 is 1.68. The van der Waals surface area contributed by atoms with E-state index >= 15 is 0 Å². The highest BCUT2D eigenvalue weighted by Gasteiger charge is 2.06. The highest BCUT2D eigenvalue weighted by Crippen LogP contribution is 1.96. The van der Waals surface area contributed by atoms with E-state index in [0.29, 0.717) is 18.2 Å². The van der Waals surface area contributed by atoms with Crippen LogP contribution in [0.1, 0.15) is 12.7 Å². The van der Waals surface area contributed by atoms with Gasteiger partial charge in [-0.15, -0.1) is 10.2 Å². The predicted molar refractivity (Wildman–Crippen MR) is 47.0 cm³/mol. The molecule has 0 saturated heterocycles. The molecule has 14 heavy (non-hydrogen) atoms. The van der Waals surface area contributed by atoms with Crippen LogP contribution in [0.2, 0.25) is 0 Å². The zero-order valence-electron chi connectivity index (χ0n) is 7.70. The Balaban J connectivity index is 2.18. The maximum atomic E-state index is 5.43. The average Bonchev–Trinajstić information content (AvgIpc) is 2.76. The Hall–Kier alpha value is -1.99. The molecule has 0 aliphatic rings. The van der Waals surface area contributed by atoms with Gasteiger partial charge in [-0.05, 0) is 17.4 Å². The molecule has 0 aliphatic carbocycles. The number of anilines is 1. The largest absolute Gasteiger partial charge is 0.381 e. The minimum Gasteiger partial charge on any atom is -0.381 e. The van der Waals surface area contributed by atoms with Crippen molar-refractivity contribution in [3.8, 4) is 0 Å². The number of hydrogen-bond donors (Lipinski definition) is 1. The smallest absolute Gasteiger partial charge is 0.174 e. The third kappa shape index (κ3) is 1.53. The molecule has 0 radical (unpaired) electrons. The molecule has 0 saturated carbocycles. The number of tetrazole rings is 1. The summed E-state index contributed by atoms with van der Waals surface area (Å²) in [7, 11) is 0. The summed E-state index contributed by atoms with van der Waals surface area (Å²) in [6.07, 6.45) is 1.49. The number of aryl methyl sites for hydroxylation is 1. The van der Waals surface area contributed by atoms with Gasteiger partial charge in [-0.2, -0.15) is 9.90 Å². The topological polar surface area (TPSA) is 100 Å². The molecule has 0 aliphatic heterocycles. The zero-order chi connectivity index (χ0) is 9.97. The Labute approximate surface area is 79.7 Å². The summed E-state index contributed by atoms with van der Waals surface area (Å²) in [5, 5.41) is 19.1. The summed E-state index contributed by atoms with van der Waals surface area (Å²) in [5.74, 6) is 1.10. The lowest BCUT2D eigenvalue weighted by Crippen LogP contribution is -2.11. The fourth-order valence-corrected chi connectivity index (χ4v) is 1.10. The minimum absolute atomic E-state index is 0.389. The first kappa shape index (κ1) is 8.60. The second-order valence-corrected chi connectivity index (χ2v) is 2.71. The van der Waals surface area contributed by atoms with E-state index in [1.54, 1.807) is 4.68 Å². The molecule has 0 amide bonds. The van der Waals surface area contributed by atoms with E-state index in [4.69, 9.17) is 5.73 Å². The van der Waals surface area contributed by atoms with Gasteiger partial charge in [0.15, 0.2) is 11.6 Å². The highest BCUT2D eigenvalue weighted by molar-refractivity contribution is 5.19. The van der Waals surface area contributed by atoms with E-state index in [9.17, 15) is 0 Å². The Morgan fingerprint density at radius 1 is 1.50 bits per heavy atom. The molecule has 8 heteroatoms. The summed E-state index contributed by atoms with van der Waals surface area (Å²) in [5.41, 5.74) is 5.43. The molecule has 2 aromatic rings. The number of rotatable bonds is 3. The first-order valence-electron chi connectivity index (χ1n) is 4.20. The van der Waals surface area contributed by atoms with E-state index in [2.05, 4.69) is 25.7 Å². The second-order valence-electron chi connectivity index (χ2n) is 2.71. The molecule has 0 fully saturated rings. The Bertz CT molecular complexity index is 415. The summed E-state index contributed by atoms with van der Waals surface area (Å²) in [6.45, 7) is 3.11. The standard InChI is InChI=1S/C6H10N8/c1-2-13-6(9-11-12-13)4-14-8-3-5(7)10-14/h3H,2,4H2,1H3,(H2,7,10). The van der Waals surface area contributed by atoms with Crippen molar-refractivity contribution in [2.45, 2.75) is 20.0 Å². The summed E-state index contributed by atoms with van der Waals surface area (Å²) >= 11 is 0. The van der Waals surface area contributed by atoms with Crippen molar-refractivity contribution in [2.24, 2.45) is 0 Å². The van der Waals surface area contributed by atoms with Crippen molar-refractivity contribution in [3.63, 3.8) is 0 Å². The van der Waals surface area contributed by atoms with Crippen LogP contribution in [-0.4, -0.2) is 35.2 Å². The van der Waals surface area contributed by atoms with Crippen molar-refractivity contribution in [2.75, 3.05) is 5.73 Å². The normalized spacial score (nSPS) is 10.6. The van der Waals surface area contributed by atoms with Crippen LogP contribution in [0.15, 0.2) is 6.20 Å². The third-order valence-corrected chi connectivity index (χ3v) is 1.74. The second kappa shape index (κ2) is 3.40. The van der Waals surface area contributed by atoms with Crippen LogP contribution in [0, 0.1) is 0 Å². The van der Waals surface area contributed by atoms with Crippen molar-refractivity contribution in [1.29, 1.82) is 0 Å². The van der Waals surface area contributed by atoms with Gasteiger partial charge in [0.25, 0.3) is 0 Å². The Kier molecular flexibility index (Phi) is 2.09. The van der Waals surface area contributed by atoms with Gasteiger partial charge in [-0.25, -0.2) is 4.68 Å². The molecule has 2 heterocycles. The van der Waals surface area contributed by atoms with Gasteiger partial charge >= 0.3 is 0 Å². The van der Waals surface area contributed by atoms with Crippen LogP contribution in [0.25, 0.3) is 0 Å². The van der Waals surface area contributed by atoms with Gasteiger partial charge in [0.2, 0.25) is 0 Å². The predicted octanol–water partition coefficient (Wildman–Crippen LogP) is -1.08. The van der Waals surface area contributed by atoms with Crippen LogP contribution < -0.4 is 5.73 Å². The lowest BCUT2D eigenvalue weighted by atomic mass is 10.6.